The van der Waals surface area contributed by atoms with Gasteiger partial charge in [0.05, 0.1) is 39.4 Å². The van der Waals surface area contributed by atoms with Crippen LogP contribution in [0.3, 0.4) is 0 Å². The van der Waals surface area contributed by atoms with E-state index in [0.717, 1.165) is 24.8 Å². The Labute approximate surface area is 292 Å². The van der Waals surface area contributed by atoms with Gasteiger partial charge in [0, 0.05) is 51.9 Å². The molecule has 1 amide bonds. The van der Waals surface area contributed by atoms with E-state index in [-0.39, 0.29) is 50.8 Å². The smallest absolute Gasteiger partial charge is 0.366 e. The number of hydrogen-bond donors (Lipinski definition) is 2. The van der Waals surface area contributed by atoms with E-state index in [1.807, 2.05) is 20.6 Å². The molecule has 0 saturated carbocycles. The van der Waals surface area contributed by atoms with E-state index in [0.29, 0.717) is 25.0 Å². The summed E-state index contributed by atoms with van der Waals surface area (Å²) in [6, 6.07) is 7.07. The van der Waals surface area contributed by atoms with E-state index in [1.54, 1.807) is 31.4 Å². The Hall–Kier alpha value is -3.83. The van der Waals surface area contributed by atoms with Crippen LogP contribution in [0.15, 0.2) is 24.3 Å². The number of nitrogens with one attached hydrogen (secondary N) is 1. The highest BCUT2D eigenvalue weighted by Crippen LogP contribution is 2.37. The molecule has 0 radical (unpaired) electrons. The number of amides is 1. The fraction of sp³-hybridized carbons (Fsp3) is 0.639. The molecule has 1 heterocycles. The highest BCUT2D eigenvalue weighted by atomic mass is 16.7. The molecule has 13 heteroatoms. The molecule has 1 saturated heterocycles. The van der Waals surface area contributed by atoms with Crippen molar-refractivity contribution >= 4 is 30.6 Å². The Kier molecular flexibility index (Phi) is 28.1. The van der Waals surface area contributed by atoms with Crippen molar-refractivity contribution in [2.75, 3.05) is 47.6 Å². The monoisotopic (exact) mass is 694 g/mol. The van der Waals surface area contributed by atoms with Crippen LogP contribution in [0.1, 0.15) is 83.8 Å². The lowest BCUT2D eigenvalue weighted by Gasteiger charge is -2.43. The molecular formula is C36H58N2O11. The van der Waals surface area contributed by atoms with Gasteiger partial charge >= 0.3 is 17.9 Å². The topological polar surface area (TPSA) is 179 Å². The number of benzene rings is 1. The van der Waals surface area contributed by atoms with E-state index >= 15 is 0 Å². The third-order valence-corrected chi connectivity index (χ3v) is 7.13. The summed E-state index contributed by atoms with van der Waals surface area (Å²) in [5.74, 6) is -1.38. The van der Waals surface area contributed by atoms with Crippen LogP contribution >= 0.6 is 0 Å². The zero-order valence-electron chi connectivity index (χ0n) is 30.4. The number of carbonyl (C=O) groups is 5. The van der Waals surface area contributed by atoms with Gasteiger partial charge in [-0.1, -0.05) is 44.7 Å². The van der Waals surface area contributed by atoms with Crippen LogP contribution in [0.25, 0.3) is 0 Å². The average Bonchev–Trinajstić information content (AvgIpc) is 3.12. The van der Waals surface area contributed by atoms with E-state index in [9.17, 15) is 19.2 Å². The number of esters is 3. The summed E-state index contributed by atoms with van der Waals surface area (Å²) >= 11 is 0. The lowest BCUT2D eigenvalue weighted by atomic mass is 9.87. The molecule has 49 heavy (non-hydrogen) atoms. The van der Waals surface area contributed by atoms with Crippen molar-refractivity contribution in [2.45, 2.75) is 97.1 Å². The van der Waals surface area contributed by atoms with Gasteiger partial charge in [0.1, 0.15) is 12.9 Å². The second-order valence-electron chi connectivity index (χ2n) is 10.5. The van der Waals surface area contributed by atoms with Crippen LogP contribution in [0.2, 0.25) is 0 Å². The zero-order valence-corrected chi connectivity index (χ0v) is 30.4. The Morgan fingerprint density at radius 3 is 2.16 bits per heavy atom. The van der Waals surface area contributed by atoms with Crippen LogP contribution in [0.5, 0.6) is 0 Å². The second-order valence-corrected chi connectivity index (χ2v) is 10.5. The zero-order chi connectivity index (χ0) is 37.7. The van der Waals surface area contributed by atoms with Crippen LogP contribution in [0.4, 0.5) is 0 Å². The van der Waals surface area contributed by atoms with E-state index in [4.69, 9.17) is 39.6 Å². The summed E-state index contributed by atoms with van der Waals surface area (Å²) in [5, 5.41) is 2.81. The molecule has 0 aromatic heterocycles. The number of ether oxygens (including phenoxy) is 6. The van der Waals surface area contributed by atoms with Gasteiger partial charge in [-0.2, -0.15) is 0 Å². The highest BCUT2D eigenvalue weighted by Gasteiger charge is 2.50. The number of nitrogens with two attached hydrogens (primary N) is 1. The molecule has 0 bridgehead atoms. The van der Waals surface area contributed by atoms with Gasteiger partial charge in [-0.3, -0.25) is 14.4 Å². The third-order valence-electron chi connectivity index (χ3n) is 7.13. The Morgan fingerprint density at radius 1 is 1.02 bits per heavy atom. The molecule has 1 aromatic rings. The predicted octanol–water partition coefficient (Wildman–Crippen LogP) is 3.52. The van der Waals surface area contributed by atoms with Crippen molar-refractivity contribution in [2.24, 2.45) is 11.7 Å². The van der Waals surface area contributed by atoms with Crippen LogP contribution in [-0.2, 0) is 58.8 Å². The van der Waals surface area contributed by atoms with E-state index < -0.39 is 35.9 Å². The van der Waals surface area contributed by atoms with Gasteiger partial charge < -0.3 is 44.3 Å². The van der Waals surface area contributed by atoms with Crippen LogP contribution in [-0.4, -0.2) is 96.2 Å². The Balaban J connectivity index is 0. The number of terminal acetylenes is 1. The summed E-state index contributed by atoms with van der Waals surface area (Å²) in [6.07, 6.45) is 8.22. The van der Waals surface area contributed by atoms with E-state index in [1.165, 1.54) is 28.0 Å². The molecule has 1 aliphatic rings. The SMILES string of the molecule is C#Cc1ccc(CC(=O)NCC(C[C@@H]2O[C@@](OCCCCCCOC)(C(=O)OC)CCC2COC(C)=O)OC(C)=O)cc1.C=O.CC.CN. The minimum atomic E-state index is -1.66. The number of rotatable bonds is 18. The normalized spacial score (nSPS) is 18.2. The predicted molar refractivity (Wildman–Crippen MR) is 185 cm³/mol. The molecule has 2 rings (SSSR count). The first-order valence-corrected chi connectivity index (χ1v) is 16.5. The molecule has 1 aliphatic heterocycles. The molecule has 0 spiro atoms. The summed E-state index contributed by atoms with van der Waals surface area (Å²) in [5.41, 5.74) is 5.99. The summed E-state index contributed by atoms with van der Waals surface area (Å²) in [7, 11) is 4.43. The van der Waals surface area contributed by atoms with Crippen molar-refractivity contribution < 1.29 is 52.4 Å². The molecular weight excluding hydrogens is 636 g/mol. The lowest BCUT2D eigenvalue weighted by molar-refractivity contribution is -0.293. The van der Waals surface area contributed by atoms with Gasteiger partial charge in [0.25, 0.3) is 5.79 Å². The first-order valence-electron chi connectivity index (χ1n) is 16.5. The number of carbonyl (C=O) groups excluding carboxylic acids is 5. The summed E-state index contributed by atoms with van der Waals surface area (Å²) < 4.78 is 33.3. The summed E-state index contributed by atoms with van der Waals surface area (Å²) in [4.78, 5) is 57.2. The molecule has 0 aliphatic carbocycles. The minimum absolute atomic E-state index is 0.00849. The molecule has 4 atom stereocenters. The van der Waals surface area contributed by atoms with Crippen molar-refractivity contribution in [3.05, 3.63) is 35.4 Å². The van der Waals surface area contributed by atoms with Gasteiger partial charge in [-0.05, 0) is 44.0 Å². The van der Waals surface area contributed by atoms with Crippen LogP contribution in [0, 0.1) is 18.3 Å². The lowest BCUT2D eigenvalue weighted by Crippen LogP contribution is -2.55. The quantitative estimate of drug-likeness (QED) is 0.0990. The Bertz CT molecular complexity index is 1110. The fourth-order valence-electron chi connectivity index (χ4n) is 4.89. The number of methoxy groups -OCH3 is 2. The maximum Gasteiger partial charge on any atom is 0.366 e. The molecule has 1 aromatic carbocycles. The van der Waals surface area contributed by atoms with Crippen molar-refractivity contribution in [1.29, 1.82) is 0 Å². The van der Waals surface area contributed by atoms with Gasteiger partial charge in [-0.15, -0.1) is 6.42 Å². The van der Waals surface area contributed by atoms with Crippen LogP contribution < -0.4 is 11.1 Å². The molecule has 278 valence electrons. The standard InChI is InChI=1S/C32H45NO10.C2H6.CH5N.CH2O/c1-6-25-11-13-26(14-12-25)19-30(36)33-21-28(42-24(3)35)20-29-27(22-40-23(2)34)15-16-32(43-29,31(37)39-5)41-18-10-8-7-9-17-38-4;3*1-2/h1,11-14,27-29H,7-10,15-22H2,2-5H3,(H,33,36);1-2H3;2H2,1H3;1H2/t27?,28?,29-,32+;;;/m0.../s1. The molecule has 3 N–H and O–H groups in total. The average molecular weight is 695 g/mol. The van der Waals surface area contributed by atoms with Gasteiger partial charge in [0.2, 0.25) is 5.91 Å². The first-order chi connectivity index (χ1) is 23.6. The highest BCUT2D eigenvalue weighted by molar-refractivity contribution is 5.79. The summed E-state index contributed by atoms with van der Waals surface area (Å²) in [6.45, 7) is 9.59. The third kappa shape index (κ3) is 19.7. The molecule has 1 fully saturated rings. The van der Waals surface area contributed by atoms with Crippen molar-refractivity contribution in [1.82, 2.24) is 5.32 Å². The van der Waals surface area contributed by atoms with E-state index in [2.05, 4.69) is 17.0 Å². The fourth-order valence-corrected chi connectivity index (χ4v) is 4.89. The van der Waals surface area contributed by atoms with Crippen molar-refractivity contribution in [3.8, 4) is 12.3 Å². The number of unbranched alkanes of at least 4 members (excludes halogenated alkanes) is 3. The van der Waals surface area contributed by atoms with Gasteiger partial charge in [-0.25, -0.2) is 4.79 Å². The van der Waals surface area contributed by atoms with Gasteiger partial charge in [0.15, 0.2) is 0 Å². The second kappa shape index (κ2) is 29.1. The Morgan fingerprint density at radius 2 is 1.63 bits per heavy atom. The molecule has 2 unspecified atom stereocenters. The maximum atomic E-state index is 13.0. The number of hydrogen-bond acceptors (Lipinski definition) is 12. The van der Waals surface area contributed by atoms with Crippen molar-refractivity contribution in [3.63, 3.8) is 0 Å². The molecule has 13 nitrogen and oxygen atoms in total. The minimum Gasteiger partial charge on any atom is -0.465 e. The first kappa shape index (κ1) is 47.3. The largest absolute Gasteiger partial charge is 0.465 e. The maximum absolute atomic E-state index is 13.0.